The van der Waals surface area contributed by atoms with Crippen LogP contribution in [0.15, 0.2) is 83.5 Å². The van der Waals surface area contributed by atoms with Gasteiger partial charge in [-0.05, 0) is 48.4 Å². The second-order valence-corrected chi connectivity index (χ2v) is 6.24. The Balaban J connectivity index is 1.59. The third kappa shape index (κ3) is 3.40. The molecule has 1 aromatic heterocycles. The van der Waals surface area contributed by atoms with Crippen molar-refractivity contribution in [3.8, 4) is 0 Å². The van der Waals surface area contributed by atoms with E-state index in [4.69, 9.17) is 4.42 Å². The van der Waals surface area contributed by atoms with Crippen LogP contribution in [0.25, 0.3) is 6.08 Å². The van der Waals surface area contributed by atoms with Crippen LogP contribution in [0.2, 0.25) is 0 Å². The van der Waals surface area contributed by atoms with E-state index in [1.807, 2.05) is 71.6 Å². The second kappa shape index (κ2) is 7.31. The van der Waals surface area contributed by atoms with Crippen LogP contribution in [-0.4, -0.2) is 23.5 Å². The smallest absolute Gasteiger partial charge is 0.257 e. The molecule has 26 heavy (non-hydrogen) atoms. The van der Waals surface area contributed by atoms with Gasteiger partial charge in [0.1, 0.15) is 11.9 Å². The summed E-state index contributed by atoms with van der Waals surface area (Å²) in [6, 6.07) is 21.6. The molecule has 1 unspecified atom stereocenters. The van der Waals surface area contributed by atoms with Crippen LogP contribution < -0.4 is 5.32 Å². The third-order valence-electron chi connectivity index (χ3n) is 4.53. The Hall–Kier alpha value is -3.27. The number of nitrogens with zero attached hydrogens (tertiary/aromatic N) is 1. The van der Waals surface area contributed by atoms with E-state index < -0.39 is 0 Å². The highest BCUT2D eigenvalue weighted by Gasteiger charge is 2.29. The van der Waals surface area contributed by atoms with Crippen LogP contribution in [0, 0.1) is 0 Å². The van der Waals surface area contributed by atoms with Crippen LogP contribution in [-0.2, 0) is 6.42 Å². The maximum atomic E-state index is 13.0. The summed E-state index contributed by atoms with van der Waals surface area (Å²) in [5, 5.41) is 3.45. The monoisotopic (exact) mass is 344 g/mol. The summed E-state index contributed by atoms with van der Waals surface area (Å²) >= 11 is 0. The zero-order chi connectivity index (χ0) is 17.8. The van der Waals surface area contributed by atoms with Crippen molar-refractivity contribution in [2.75, 3.05) is 11.9 Å². The van der Waals surface area contributed by atoms with Crippen LogP contribution in [0.1, 0.15) is 21.7 Å². The lowest BCUT2D eigenvalue weighted by Gasteiger charge is -2.36. The number of anilines is 1. The molecule has 2 heterocycles. The first-order chi connectivity index (χ1) is 12.8. The molecule has 1 aliphatic heterocycles. The highest BCUT2D eigenvalue weighted by Crippen LogP contribution is 2.26. The van der Waals surface area contributed by atoms with E-state index >= 15 is 0 Å². The van der Waals surface area contributed by atoms with Gasteiger partial charge in [-0.1, -0.05) is 42.5 Å². The maximum Gasteiger partial charge on any atom is 0.257 e. The summed E-state index contributed by atoms with van der Waals surface area (Å²) in [6.07, 6.45) is 6.10. The van der Waals surface area contributed by atoms with Gasteiger partial charge in [0.2, 0.25) is 0 Å². The molecule has 4 heteroatoms. The number of amides is 1. The summed E-state index contributed by atoms with van der Waals surface area (Å²) in [5.41, 5.74) is 2.79. The molecule has 0 saturated carbocycles. The average molecular weight is 344 g/mol. The Morgan fingerprint density at radius 1 is 1.00 bits per heavy atom. The minimum Gasteiger partial charge on any atom is -0.465 e. The van der Waals surface area contributed by atoms with E-state index in [0.29, 0.717) is 12.1 Å². The summed E-state index contributed by atoms with van der Waals surface area (Å²) in [7, 11) is 0. The Labute approximate surface area is 152 Å². The molecule has 130 valence electrons. The summed E-state index contributed by atoms with van der Waals surface area (Å²) in [4.78, 5) is 14.9. The lowest BCUT2D eigenvalue weighted by atomic mass is 10.1. The molecule has 0 aliphatic carbocycles. The van der Waals surface area contributed by atoms with E-state index in [1.54, 1.807) is 6.26 Å². The standard InChI is InChI=1S/C22H20N2O2/c25-22-19-10-4-5-11-20(19)23-21(13-12-18-9-6-16-26-18)24(22)15-14-17-7-2-1-3-8-17/h1-13,16,21,23H,14-15H2. The van der Waals surface area contributed by atoms with Gasteiger partial charge < -0.3 is 14.6 Å². The summed E-state index contributed by atoms with van der Waals surface area (Å²) in [5.74, 6) is 0.811. The normalized spacial score (nSPS) is 16.5. The van der Waals surface area contributed by atoms with Crippen LogP contribution in [0.4, 0.5) is 5.69 Å². The van der Waals surface area contributed by atoms with Gasteiger partial charge in [-0.25, -0.2) is 0 Å². The second-order valence-electron chi connectivity index (χ2n) is 6.24. The van der Waals surface area contributed by atoms with Crippen molar-refractivity contribution < 1.29 is 9.21 Å². The van der Waals surface area contributed by atoms with Gasteiger partial charge in [-0.2, -0.15) is 0 Å². The van der Waals surface area contributed by atoms with E-state index in [2.05, 4.69) is 17.4 Å². The largest absolute Gasteiger partial charge is 0.465 e. The number of hydrogen-bond donors (Lipinski definition) is 1. The van der Waals surface area contributed by atoms with Crippen molar-refractivity contribution in [3.05, 3.63) is 96.0 Å². The average Bonchev–Trinajstić information content (AvgIpc) is 3.20. The number of nitrogens with one attached hydrogen (secondary N) is 1. The number of fused-ring (bicyclic) bond motifs is 1. The minimum atomic E-state index is -0.216. The maximum absolute atomic E-state index is 13.0. The van der Waals surface area contributed by atoms with Gasteiger partial charge in [-0.15, -0.1) is 0 Å². The van der Waals surface area contributed by atoms with Crippen LogP contribution in [0.5, 0.6) is 0 Å². The number of carbonyl (C=O) groups is 1. The first-order valence-electron chi connectivity index (χ1n) is 8.73. The molecule has 0 saturated heterocycles. The van der Waals surface area contributed by atoms with Crippen LogP contribution in [0.3, 0.4) is 0 Å². The molecule has 0 spiro atoms. The number of para-hydroxylation sites is 1. The summed E-state index contributed by atoms with van der Waals surface area (Å²) in [6.45, 7) is 0.636. The van der Waals surface area contributed by atoms with E-state index in [-0.39, 0.29) is 12.1 Å². The zero-order valence-corrected chi connectivity index (χ0v) is 14.3. The fraction of sp³-hybridized carbons (Fsp3) is 0.136. The lowest BCUT2D eigenvalue weighted by Crippen LogP contribution is -2.48. The molecule has 0 fully saturated rings. The minimum absolute atomic E-state index is 0.0457. The molecule has 1 atom stereocenters. The molecule has 2 aromatic carbocycles. The van der Waals surface area contributed by atoms with Gasteiger partial charge in [-0.3, -0.25) is 4.79 Å². The van der Waals surface area contributed by atoms with E-state index in [0.717, 1.165) is 17.9 Å². The van der Waals surface area contributed by atoms with Crippen molar-refractivity contribution in [3.63, 3.8) is 0 Å². The van der Waals surface area contributed by atoms with Gasteiger partial charge in [0.25, 0.3) is 5.91 Å². The first-order valence-corrected chi connectivity index (χ1v) is 8.73. The van der Waals surface area contributed by atoms with Crippen molar-refractivity contribution in [1.82, 2.24) is 4.90 Å². The number of carbonyl (C=O) groups excluding carboxylic acids is 1. The number of rotatable bonds is 5. The molecule has 4 rings (SSSR count). The zero-order valence-electron chi connectivity index (χ0n) is 14.3. The molecule has 1 amide bonds. The number of hydrogen-bond acceptors (Lipinski definition) is 3. The van der Waals surface area contributed by atoms with Crippen molar-refractivity contribution in [2.24, 2.45) is 0 Å². The molecule has 0 bridgehead atoms. The molecule has 0 radical (unpaired) electrons. The van der Waals surface area contributed by atoms with Crippen molar-refractivity contribution >= 4 is 17.7 Å². The summed E-state index contributed by atoms with van der Waals surface area (Å²) < 4.78 is 5.37. The fourth-order valence-corrected chi connectivity index (χ4v) is 3.17. The topological polar surface area (TPSA) is 45.5 Å². The highest BCUT2D eigenvalue weighted by atomic mass is 16.3. The van der Waals surface area contributed by atoms with Gasteiger partial charge in [0.05, 0.1) is 11.8 Å². The van der Waals surface area contributed by atoms with Crippen molar-refractivity contribution in [1.29, 1.82) is 0 Å². The van der Waals surface area contributed by atoms with Gasteiger partial charge in [0.15, 0.2) is 0 Å². The number of furan rings is 1. The fourth-order valence-electron chi connectivity index (χ4n) is 3.17. The van der Waals surface area contributed by atoms with E-state index in [9.17, 15) is 4.79 Å². The Bertz CT molecular complexity index is 901. The molecule has 4 nitrogen and oxygen atoms in total. The highest BCUT2D eigenvalue weighted by molar-refractivity contribution is 6.01. The van der Waals surface area contributed by atoms with Gasteiger partial charge in [0, 0.05) is 12.2 Å². The molecule has 1 N–H and O–H groups in total. The van der Waals surface area contributed by atoms with E-state index in [1.165, 1.54) is 5.56 Å². The van der Waals surface area contributed by atoms with Gasteiger partial charge >= 0.3 is 0 Å². The lowest BCUT2D eigenvalue weighted by molar-refractivity contribution is 0.0719. The SMILES string of the molecule is O=C1c2ccccc2NC(C=Cc2ccco2)N1CCc1ccccc1. The molecule has 1 aliphatic rings. The molecule has 3 aromatic rings. The Morgan fingerprint density at radius 3 is 2.62 bits per heavy atom. The predicted molar refractivity (Wildman–Crippen MR) is 103 cm³/mol. The molecular formula is C22H20N2O2. The third-order valence-corrected chi connectivity index (χ3v) is 4.53. The number of benzene rings is 2. The molecular weight excluding hydrogens is 324 g/mol. The Morgan fingerprint density at radius 2 is 1.81 bits per heavy atom. The van der Waals surface area contributed by atoms with Crippen LogP contribution >= 0.6 is 0 Å². The predicted octanol–water partition coefficient (Wildman–Crippen LogP) is 4.43. The van der Waals surface area contributed by atoms with Crippen molar-refractivity contribution in [2.45, 2.75) is 12.6 Å². The Kier molecular flexibility index (Phi) is 4.56. The quantitative estimate of drug-likeness (QED) is 0.745. The first kappa shape index (κ1) is 16.2.